The first-order valence-corrected chi connectivity index (χ1v) is 23.9. The number of carbonyl (C=O) groups is 6. The molecule has 0 aromatic carbocycles. The number of unbranched alkanes of at least 4 members (excludes halogenated alkanes) is 14. The molecule has 0 rings (SSSR count). The van der Waals surface area contributed by atoms with Crippen molar-refractivity contribution in [3.05, 3.63) is 24.3 Å². The van der Waals surface area contributed by atoms with Crippen LogP contribution in [0.4, 0.5) is 0 Å². The van der Waals surface area contributed by atoms with Crippen molar-refractivity contribution in [2.45, 2.75) is 231 Å². The number of amides is 2. The van der Waals surface area contributed by atoms with Crippen LogP contribution in [0, 0.1) is 0 Å². The van der Waals surface area contributed by atoms with Crippen molar-refractivity contribution >= 4 is 35.7 Å². The van der Waals surface area contributed by atoms with Crippen LogP contribution in [0.3, 0.4) is 0 Å². The Morgan fingerprint density at radius 2 is 0.823 bits per heavy atom. The van der Waals surface area contributed by atoms with Gasteiger partial charge < -0.3 is 40.5 Å². The van der Waals surface area contributed by atoms with Crippen molar-refractivity contribution in [1.29, 1.82) is 0 Å². The van der Waals surface area contributed by atoms with Gasteiger partial charge in [-0.2, -0.15) is 0 Å². The molecule has 0 aromatic heterocycles. The van der Waals surface area contributed by atoms with Crippen LogP contribution in [0.25, 0.3) is 0 Å². The van der Waals surface area contributed by atoms with Crippen LogP contribution in [-0.4, -0.2) is 93.6 Å². The first-order valence-electron chi connectivity index (χ1n) is 23.9. The molecule has 0 saturated heterocycles. The maximum atomic E-state index is 12.2. The maximum Gasteiger partial charge on any atom is 0.306 e. The van der Waals surface area contributed by atoms with E-state index in [2.05, 4.69) is 24.5 Å². The maximum absolute atomic E-state index is 12.2. The van der Waals surface area contributed by atoms with E-state index in [0.717, 1.165) is 116 Å². The van der Waals surface area contributed by atoms with Crippen LogP contribution in [0.1, 0.15) is 206 Å². The summed E-state index contributed by atoms with van der Waals surface area (Å²) in [7, 11) is 0. The zero-order valence-electron chi connectivity index (χ0n) is 38.3. The van der Waals surface area contributed by atoms with Crippen molar-refractivity contribution in [2.24, 2.45) is 0 Å². The van der Waals surface area contributed by atoms with Crippen molar-refractivity contribution in [3.63, 3.8) is 0 Å². The van der Waals surface area contributed by atoms with Crippen LogP contribution >= 0.6 is 0 Å². The van der Waals surface area contributed by atoms with Gasteiger partial charge in [0.2, 0.25) is 11.8 Å². The van der Waals surface area contributed by atoms with Crippen LogP contribution in [0.15, 0.2) is 24.3 Å². The highest BCUT2D eigenvalue weighted by molar-refractivity contribution is 5.77. The van der Waals surface area contributed by atoms with Crippen molar-refractivity contribution < 1.29 is 58.7 Å². The quantitative estimate of drug-likeness (QED) is 0.0192. The Balaban J connectivity index is 3.94. The van der Waals surface area contributed by atoms with E-state index in [4.69, 9.17) is 19.7 Å². The third-order valence-corrected chi connectivity index (χ3v) is 10.6. The van der Waals surface area contributed by atoms with Gasteiger partial charge in [0.15, 0.2) is 0 Å². The summed E-state index contributed by atoms with van der Waals surface area (Å²) in [6.45, 7) is 4.98. The number of carboxylic acid groups (broad SMARTS) is 2. The normalized spacial score (nSPS) is 13.4. The lowest BCUT2D eigenvalue weighted by Gasteiger charge is -2.22. The molecule has 0 radical (unpaired) electrons. The van der Waals surface area contributed by atoms with Crippen LogP contribution < -0.4 is 10.6 Å². The average Bonchev–Trinajstić information content (AvgIpc) is 3.22. The average molecular weight is 881 g/mol. The van der Waals surface area contributed by atoms with Gasteiger partial charge in [-0.25, -0.2) is 0 Å². The Morgan fingerprint density at radius 1 is 0.452 bits per heavy atom. The molecule has 358 valence electrons. The minimum Gasteiger partial charge on any atom is -0.481 e. The molecule has 0 aliphatic rings. The summed E-state index contributed by atoms with van der Waals surface area (Å²) in [5.41, 5.74) is 0. The standard InChI is InChI=1S/C48H84N2O12/c1-3-5-19-29-41(61-47(59)35-25-33-45(55)56)39(51)27-21-15-11-7-9-13-17-23-31-43(53)49-37-38-50-44(54)32-24-18-14-10-8-12-16-22-28-40(52)42(30-20-6-4-2)62-48(60)36-26-34-46(57)58/h15-16,21-22,39-42,51-52H,3-14,17-20,23-38H2,1-2H3,(H,49,53)(H,50,54)(H,55,56)(H,57,58)/b21-15+,22-16+. The molecule has 0 aliphatic heterocycles. The molecule has 62 heavy (non-hydrogen) atoms. The van der Waals surface area contributed by atoms with E-state index in [0.29, 0.717) is 51.6 Å². The Hall–Kier alpha value is -3.78. The third-order valence-electron chi connectivity index (χ3n) is 10.6. The van der Waals surface area contributed by atoms with Crippen molar-refractivity contribution in [1.82, 2.24) is 10.6 Å². The minimum absolute atomic E-state index is 0.00969. The number of esters is 2. The van der Waals surface area contributed by atoms with Gasteiger partial charge in [-0.3, -0.25) is 28.8 Å². The fraction of sp³-hybridized carbons (Fsp3) is 0.792. The van der Waals surface area contributed by atoms with Crippen LogP contribution in [0.5, 0.6) is 0 Å². The van der Waals surface area contributed by atoms with Gasteiger partial charge >= 0.3 is 23.9 Å². The molecule has 4 unspecified atom stereocenters. The summed E-state index contributed by atoms with van der Waals surface area (Å²) < 4.78 is 11.0. The molecule has 0 saturated carbocycles. The zero-order chi connectivity index (χ0) is 46.1. The first-order chi connectivity index (χ1) is 29.9. The second kappa shape index (κ2) is 41.2. The second-order valence-electron chi connectivity index (χ2n) is 16.4. The lowest BCUT2D eigenvalue weighted by Crippen LogP contribution is -2.34. The fourth-order valence-corrected chi connectivity index (χ4v) is 6.82. The molecular weight excluding hydrogens is 797 g/mol. The van der Waals surface area contributed by atoms with Gasteiger partial charge in [0.05, 0.1) is 12.2 Å². The molecule has 0 heterocycles. The number of aliphatic hydroxyl groups excluding tert-OH is 2. The number of hydrogen-bond donors (Lipinski definition) is 6. The Morgan fingerprint density at radius 3 is 1.19 bits per heavy atom. The molecule has 14 nitrogen and oxygen atoms in total. The number of aliphatic hydroxyl groups is 2. The van der Waals surface area contributed by atoms with E-state index in [1.54, 1.807) is 0 Å². The van der Waals surface area contributed by atoms with E-state index < -0.39 is 48.3 Å². The van der Waals surface area contributed by atoms with E-state index in [9.17, 15) is 39.0 Å². The van der Waals surface area contributed by atoms with E-state index in [1.165, 1.54) is 0 Å². The Bertz CT molecular complexity index is 1160. The highest BCUT2D eigenvalue weighted by atomic mass is 16.6. The summed E-state index contributed by atoms with van der Waals surface area (Å²) in [6, 6.07) is 0. The summed E-state index contributed by atoms with van der Waals surface area (Å²) in [4.78, 5) is 70.1. The highest BCUT2D eigenvalue weighted by Gasteiger charge is 2.23. The first kappa shape index (κ1) is 58.2. The molecule has 0 aromatic rings. The summed E-state index contributed by atoms with van der Waals surface area (Å²) in [5.74, 6) is -2.85. The van der Waals surface area contributed by atoms with Gasteiger partial charge in [0.25, 0.3) is 0 Å². The van der Waals surface area contributed by atoms with Crippen molar-refractivity contribution in [2.75, 3.05) is 13.1 Å². The van der Waals surface area contributed by atoms with Gasteiger partial charge in [-0.1, -0.05) is 102 Å². The Labute approximate surface area is 372 Å². The predicted octanol–water partition coefficient (Wildman–Crippen LogP) is 8.79. The molecule has 6 N–H and O–H groups in total. The number of aliphatic carboxylic acids is 2. The number of nitrogens with one attached hydrogen (secondary N) is 2. The molecule has 4 atom stereocenters. The summed E-state index contributed by atoms with van der Waals surface area (Å²) in [5, 5.41) is 44.6. The molecule has 14 heteroatoms. The number of allylic oxidation sites excluding steroid dienone is 2. The van der Waals surface area contributed by atoms with E-state index in [1.807, 2.05) is 24.3 Å². The van der Waals surface area contributed by atoms with Crippen LogP contribution in [0.2, 0.25) is 0 Å². The van der Waals surface area contributed by atoms with Crippen LogP contribution in [-0.2, 0) is 38.2 Å². The number of carbonyl (C=O) groups excluding carboxylic acids is 4. The van der Waals surface area contributed by atoms with Gasteiger partial charge in [-0.05, 0) is 89.9 Å². The topological polar surface area (TPSA) is 226 Å². The zero-order valence-corrected chi connectivity index (χ0v) is 38.3. The largest absolute Gasteiger partial charge is 0.481 e. The monoisotopic (exact) mass is 881 g/mol. The molecule has 0 spiro atoms. The summed E-state index contributed by atoms with van der Waals surface area (Å²) >= 11 is 0. The van der Waals surface area contributed by atoms with E-state index >= 15 is 0 Å². The smallest absolute Gasteiger partial charge is 0.306 e. The molecule has 0 aliphatic carbocycles. The lowest BCUT2D eigenvalue weighted by atomic mass is 10.0. The van der Waals surface area contributed by atoms with Crippen molar-refractivity contribution in [3.8, 4) is 0 Å². The predicted molar refractivity (Wildman–Crippen MR) is 241 cm³/mol. The third kappa shape index (κ3) is 37.9. The number of carboxylic acids is 2. The molecule has 2 amide bonds. The highest BCUT2D eigenvalue weighted by Crippen LogP contribution is 2.18. The molecular formula is C48H84N2O12. The van der Waals surface area contributed by atoms with E-state index in [-0.39, 0.29) is 50.3 Å². The molecule has 0 fully saturated rings. The second-order valence-corrected chi connectivity index (χ2v) is 16.4. The number of rotatable bonds is 43. The SMILES string of the molecule is CCCCCC(OC(=O)CCCC(=O)O)C(O)C/C=C/CCCCCCCC(=O)NCCNC(=O)CCCCCCC/C=C/CC(O)C(CCCCC)OC(=O)CCCC(=O)O. The van der Waals surface area contributed by atoms with Gasteiger partial charge in [0, 0.05) is 51.6 Å². The lowest BCUT2D eigenvalue weighted by molar-refractivity contribution is -0.156. The van der Waals surface area contributed by atoms with Gasteiger partial charge in [0.1, 0.15) is 12.2 Å². The fourth-order valence-electron chi connectivity index (χ4n) is 6.82. The summed E-state index contributed by atoms with van der Waals surface area (Å²) in [6.07, 6.45) is 25.5. The minimum atomic E-state index is -0.949. The Kier molecular flexibility index (Phi) is 38.7. The molecule has 0 bridgehead atoms. The number of hydrogen-bond acceptors (Lipinski definition) is 10. The number of ether oxygens (including phenoxy) is 2. The van der Waals surface area contributed by atoms with Gasteiger partial charge in [-0.15, -0.1) is 0 Å².